The molecule has 244 valence electrons. The molecule has 0 spiro atoms. The van der Waals surface area contributed by atoms with Gasteiger partial charge in [-0.3, -0.25) is 5.32 Å². The number of aromatic nitrogens is 2. The number of rotatable bonds is 7. The molecule has 10 nitrogen and oxygen atoms in total. The van der Waals surface area contributed by atoms with Gasteiger partial charge in [-0.1, -0.05) is 50.6 Å². The van der Waals surface area contributed by atoms with Crippen LogP contribution in [-0.4, -0.2) is 49.9 Å². The predicted octanol–water partition coefficient (Wildman–Crippen LogP) is 7.84. The summed E-state index contributed by atoms with van der Waals surface area (Å²) in [5, 5.41) is 22.8. The number of piperidine rings is 1. The molecular weight excluding hydrogens is 592 g/mol. The molecule has 2 saturated heterocycles. The maximum absolute atomic E-state index is 13.2. The van der Waals surface area contributed by atoms with Gasteiger partial charge < -0.3 is 20.6 Å². The molecule has 2 unspecified atom stereocenters. The number of hydrogen-bond acceptors (Lipinski definition) is 4. The fraction of sp³-hybridized carbons (Fsp3) is 0.351. The number of nitrogens with one attached hydrogen (secondary N) is 3. The quantitative estimate of drug-likeness (QED) is 0.165. The summed E-state index contributed by atoms with van der Waals surface area (Å²) < 4.78 is 1.77. The number of aryl methyl sites for hydroxylation is 1. The summed E-state index contributed by atoms with van der Waals surface area (Å²) >= 11 is 0. The fourth-order valence-electron chi connectivity index (χ4n) is 6.73. The van der Waals surface area contributed by atoms with Crippen LogP contribution >= 0.6 is 0 Å². The molecular formula is C37H42N6O4. The van der Waals surface area contributed by atoms with Crippen molar-refractivity contribution >= 4 is 35.2 Å². The Balaban J connectivity index is 1.04. The zero-order chi connectivity index (χ0) is 33.3. The van der Waals surface area contributed by atoms with Gasteiger partial charge in [0, 0.05) is 34.9 Å². The normalized spacial score (nSPS) is 18.9. The van der Waals surface area contributed by atoms with Gasteiger partial charge >= 0.3 is 18.0 Å². The molecule has 3 aromatic carbocycles. The molecule has 0 radical (unpaired) electrons. The molecule has 0 aliphatic carbocycles. The number of nitrogens with zero attached hydrogens (tertiary/aromatic N) is 3. The number of urea groups is 2. The molecule has 2 bridgehead atoms. The van der Waals surface area contributed by atoms with E-state index in [-0.39, 0.29) is 35.1 Å². The van der Waals surface area contributed by atoms with Gasteiger partial charge in [0.15, 0.2) is 0 Å². The van der Waals surface area contributed by atoms with E-state index in [1.54, 1.807) is 16.8 Å². The average molecular weight is 635 g/mol. The number of fused-ring (bicyclic) bond motifs is 2. The first-order chi connectivity index (χ1) is 22.4. The zero-order valence-electron chi connectivity index (χ0n) is 27.3. The molecule has 2 aliphatic rings. The number of carbonyl (C=O) groups is 3. The van der Waals surface area contributed by atoms with E-state index in [1.807, 2.05) is 54.3 Å². The average Bonchev–Trinajstić information content (AvgIpc) is 3.57. The van der Waals surface area contributed by atoms with E-state index in [2.05, 4.69) is 48.9 Å². The third kappa shape index (κ3) is 7.32. The Kier molecular flexibility index (Phi) is 8.77. The summed E-state index contributed by atoms with van der Waals surface area (Å²) in [7, 11) is 0. The van der Waals surface area contributed by atoms with Crippen LogP contribution in [0.1, 0.15) is 73.6 Å². The van der Waals surface area contributed by atoms with Crippen LogP contribution in [0.25, 0.3) is 5.69 Å². The first-order valence-electron chi connectivity index (χ1n) is 16.2. The summed E-state index contributed by atoms with van der Waals surface area (Å²) in [5.41, 5.74) is 5.40. The van der Waals surface area contributed by atoms with Crippen molar-refractivity contribution in [2.24, 2.45) is 5.92 Å². The third-order valence-electron chi connectivity index (χ3n) is 9.18. The van der Waals surface area contributed by atoms with Gasteiger partial charge in [-0.15, -0.1) is 0 Å². The van der Waals surface area contributed by atoms with Crippen molar-refractivity contribution < 1.29 is 19.5 Å². The molecule has 3 heterocycles. The minimum Gasteiger partial charge on any atom is -0.478 e. The maximum Gasteiger partial charge on any atom is 0.335 e. The lowest BCUT2D eigenvalue weighted by Gasteiger charge is -2.39. The highest BCUT2D eigenvalue weighted by atomic mass is 16.4. The second-order valence-corrected chi connectivity index (χ2v) is 13.8. The number of aromatic carboxylic acids is 1. The fourth-order valence-corrected chi connectivity index (χ4v) is 6.73. The molecule has 0 saturated carbocycles. The van der Waals surface area contributed by atoms with Crippen LogP contribution in [0.3, 0.4) is 0 Å². The van der Waals surface area contributed by atoms with Gasteiger partial charge in [0.1, 0.15) is 5.82 Å². The SMILES string of the molecule is Cc1ccc(-n2nc(C(C)(C)C)cc2NC(=O)Nc2ccc(CC3CC4CCC(C3)N4C(=O)Nc3ccc(C(=O)O)cc3)cc2)cc1. The molecule has 4 N–H and O–H groups in total. The molecule has 6 rings (SSSR count). The van der Waals surface area contributed by atoms with Gasteiger partial charge in [-0.05, 0) is 99.0 Å². The highest BCUT2D eigenvalue weighted by Crippen LogP contribution is 2.40. The molecule has 2 fully saturated rings. The summed E-state index contributed by atoms with van der Waals surface area (Å²) in [6.45, 7) is 8.32. The van der Waals surface area contributed by atoms with Crippen molar-refractivity contribution in [3.05, 3.63) is 101 Å². The smallest absolute Gasteiger partial charge is 0.335 e. The summed E-state index contributed by atoms with van der Waals surface area (Å²) in [6.07, 6.45) is 4.77. The number of benzene rings is 3. The largest absolute Gasteiger partial charge is 0.478 e. The van der Waals surface area contributed by atoms with E-state index in [0.717, 1.165) is 49.0 Å². The minimum absolute atomic E-state index is 0.121. The van der Waals surface area contributed by atoms with Crippen molar-refractivity contribution in [2.75, 3.05) is 16.0 Å². The molecule has 1 aromatic heterocycles. The number of hydrogen-bond donors (Lipinski definition) is 4. The Bertz CT molecular complexity index is 1740. The first-order valence-corrected chi connectivity index (χ1v) is 16.2. The molecule has 2 aliphatic heterocycles. The Morgan fingerprint density at radius 1 is 0.830 bits per heavy atom. The van der Waals surface area contributed by atoms with Gasteiger partial charge in [-0.25, -0.2) is 19.1 Å². The second kappa shape index (κ2) is 12.9. The molecule has 10 heteroatoms. The second-order valence-electron chi connectivity index (χ2n) is 13.8. The number of anilines is 3. The van der Waals surface area contributed by atoms with Crippen molar-refractivity contribution in [3.63, 3.8) is 0 Å². The first kappa shape index (κ1) is 31.8. The third-order valence-corrected chi connectivity index (χ3v) is 9.18. The molecule has 47 heavy (non-hydrogen) atoms. The van der Waals surface area contributed by atoms with E-state index in [4.69, 9.17) is 10.2 Å². The van der Waals surface area contributed by atoms with Crippen LogP contribution in [0.4, 0.5) is 26.8 Å². The van der Waals surface area contributed by atoms with Crippen LogP contribution in [0.5, 0.6) is 0 Å². The number of carboxylic acids is 1. The lowest BCUT2D eigenvalue weighted by Crippen LogP contribution is -2.48. The lowest BCUT2D eigenvalue weighted by atomic mass is 9.86. The zero-order valence-corrected chi connectivity index (χ0v) is 27.3. The van der Waals surface area contributed by atoms with Crippen LogP contribution in [0.2, 0.25) is 0 Å². The minimum atomic E-state index is -0.993. The predicted molar refractivity (Wildman–Crippen MR) is 184 cm³/mol. The van der Waals surface area contributed by atoms with Gasteiger partial charge in [0.2, 0.25) is 0 Å². The van der Waals surface area contributed by atoms with Crippen LogP contribution in [0, 0.1) is 12.8 Å². The van der Waals surface area contributed by atoms with Crippen molar-refractivity contribution in [1.29, 1.82) is 0 Å². The number of amides is 4. The Hall–Kier alpha value is -5.12. The standard InChI is InChI=1S/C37H42N6O4/c1-23-5-15-29(16-6-23)43-33(22-32(41-43)37(2,3)4)40-35(46)38-27-11-7-24(8-12-27)19-25-20-30-17-18-31(21-25)42(30)36(47)39-28-13-9-26(10-14-28)34(44)45/h5-16,22,25,30-31H,17-21H2,1-4H3,(H,39,47)(H,44,45)(H2,38,40,46). The molecule has 2 atom stereocenters. The molecule has 4 amide bonds. The Morgan fingerprint density at radius 3 is 2.02 bits per heavy atom. The van der Waals surface area contributed by atoms with Gasteiger partial charge in [0.25, 0.3) is 0 Å². The van der Waals surface area contributed by atoms with Gasteiger partial charge in [-0.2, -0.15) is 5.10 Å². The van der Waals surface area contributed by atoms with E-state index in [9.17, 15) is 14.4 Å². The van der Waals surface area contributed by atoms with Crippen molar-refractivity contribution in [1.82, 2.24) is 14.7 Å². The van der Waals surface area contributed by atoms with E-state index in [1.165, 1.54) is 17.7 Å². The van der Waals surface area contributed by atoms with Crippen LogP contribution in [-0.2, 0) is 11.8 Å². The van der Waals surface area contributed by atoms with Crippen molar-refractivity contribution in [3.8, 4) is 5.69 Å². The highest BCUT2D eigenvalue weighted by molar-refractivity contribution is 5.99. The number of carboxylic acid groups (broad SMARTS) is 1. The lowest BCUT2D eigenvalue weighted by molar-refractivity contribution is 0.0696. The van der Waals surface area contributed by atoms with E-state index >= 15 is 0 Å². The Labute approximate surface area is 275 Å². The van der Waals surface area contributed by atoms with Crippen molar-refractivity contribution in [2.45, 2.75) is 77.3 Å². The summed E-state index contributed by atoms with van der Waals surface area (Å²) in [4.78, 5) is 39.3. The maximum atomic E-state index is 13.2. The summed E-state index contributed by atoms with van der Waals surface area (Å²) in [5.74, 6) is 0.0682. The van der Waals surface area contributed by atoms with Crippen LogP contribution in [0.15, 0.2) is 78.9 Å². The summed E-state index contributed by atoms with van der Waals surface area (Å²) in [6, 6.07) is 24.1. The topological polar surface area (TPSA) is 129 Å². The van der Waals surface area contributed by atoms with Gasteiger partial charge in [0.05, 0.1) is 16.9 Å². The van der Waals surface area contributed by atoms with E-state index in [0.29, 0.717) is 23.1 Å². The number of carbonyl (C=O) groups excluding carboxylic acids is 2. The monoisotopic (exact) mass is 634 g/mol. The van der Waals surface area contributed by atoms with E-state index < -0.39 is 5.97 Å². The Morgan fingerprint density at radius 2 is 1.43 bits per heavy atom. The molecule has 4 aromatic rings. The highest BCUT2D eigenvalue weighted by Gasteiger charge is 2.43. The van der Waals surface area contributed by atoms with Crippen LogP contribution < -0.4 is 16.0 Å².